The molecule has 0 amide bonds. The van der Waals surface area contributed by atoms with Gasteiger partial charge >= 0.3 is 11.9 Å². The molecule has 0 radical (unpaired) electrons. The minimum absolute atomic E-state index is 0.0339. The van der Waals surface area contributed by atoms with Gasteiger partial charge in [-0.25, -0.2) is 0 Å². The Labute approximate surface area is 140 Å². The van der Waals surface area contributed by atoms with Gasteiger partial charge in [0.1, 0.15) is 13.1 Å². The highest BCUT2D eigenvalue weighted by Crippen LogP contribution is 2.34. The van der Waals surface area contributed by atoms with E-state index >= 15 is 0 Å². The number of esters is 2. The number of halogens is 2. The standard InChI is InChI=1S/C14H17Br2NO4/c1-3-20-12(18)8-17(9-13(19)21-4-2)14-10(15)6-5-7-11(14)16/h5-7H,3-4,8-9H2,1-2H3. The Balaban J connectivity index is 3.00. The molecule has 0 unspecified atom stereocenters. The lowest BCUT2D eigenvalue weighted by Crippen LogP contribution is -2.36. The molecule has 0 aliphatic rings. The van der Waals surface area contributed by atoms with Gasteiger partial charge in [0.25, 0.3) is 0 Å². The molecule has 0 bridgehead atoms. The predicted octanol–water partition coefficient (Wildman–Crippen LogP) is 3.14. The quantitative estimate of drug-likeness (QED) is 0.631. The van der Waals surface area contributed by atoms with Gasteiger partial charge in [-0.05, 0) is 57.8 Å². The molecule has 0 aliphatic heterocycles. The fourth-order valence-electron chi connectivity index (χ4n) is 1.73. The molecule has 1 aromatic carbocycles. The molecule has 21 heavy (non-hydrogen) atoms. The molecule has 0 atom stereocenters. The number of hydrogen-bond acceptors (Lipinski definition) is 5. The van der Waals surface area contributed by atoms with Gasteiger partial charge in [0, 0.05) is 8.95 Å². The van der Waals surface area contributed by atoms with Gasteiger partial charge in [0.15, 0.2) is 0 Å². The molecule has 5 nitrogen and oxygen atoms in total. The topological polar surface area (TPSA) is 55.8 Å². The van der Waals surface area contributed by atoms with Crippen molar-refractivity contribution in [2.45, 2.75) is 13.8 Å². The largest absolute Gasteiger partial charge is 0.465 e. The van der Waals surface area contributed by atoms with Crippen LogP contribution in [0, 0.1) is 0 Å². The fourth-order valence-corrected chi connectivity index (χ4v) is 3.23. The third-order valence-electron chi connectivity index (χ3n) is 2.50. The molecular formula is C14H17Br2NO4. The van der Waals surface area contributed by atoms with Crippen molar-refractivity contribution < 1.29 is 19.1 Å². The Morgan fingerprint density at radius 3 is 1.81 bits per heavy atom. The first-order chi connectivity index (χ1) is 9.99. The maximum absolute atomic E-state index is 11.7. The zero-order valence-corrected chi connectivity index (χ0v) is 15.1. The Morgan fingerprint density at radius 2 is 1.43 bits per heavy atom. The normalized spacial score (nSPS) is 10.1. The van der Waals surface area contributed by atoms with Crippen molar-refractivity contribution in [3.05, 3.63) is 27.1 Å². The molecule has 0 fully saturated rings. The molecule has 0 saturated heterocycles. The molecule has 0 N–H and O–H groups in total. The predicted molar refractivity (Wildman–Crippen MR) is 87.3 cm³/mol. The molecule has 7 heteroatoms. The number of rotatable bonds is 7. The summed E-state index contributed by atoms with van der Waals surface area (Å²) in [6, 6.07) is 5.53. The van der Waals surface area contributed by atoms with Gasteiger partial charge < -0.3 is 14.4 Å². The second kappa shape index (κ2) is 9.04. The average Bonchev–Trinajstić information content (AvgIpc) is 2.38. The summed E-state index contributed by atoms with van der Waals surface area (Å²) in [4.78, 5) is 25.1. The van der Waals surface area contributed by atoms with E-state index in [4.69, 9.17) is 9.47 Å². The summed E-state index contributed by atoms with van der Waals surface area (Å²) in [7, 11) is 0. The van der Waals surface area contributed by atoms with Crippen LogP contribution in [0.15, 0.2) is 27.1 Å². The van der Waals surface area contributed by atoms with Crippen molar-refractivity contribution in [3.8, 4) is 0 Å². The first-order valence-corrected chi connectivity index (χ1v) is 8.08. The molecule has 116 valence electrons. The zero-order valence-electron chi connectivity index (χ0n) is 11.9. The maximum Gasteiger partial charge on any atom is 0.325 e. The van der Waals surface area contributed by atoms with Gasteiger partial charge in [0.05, 0.1) is 18.9 Å². The minimum Gasteiger partial charge on any atom is -0.465 e. The summed E-state index contributed by atoms with van der Waals surface area (Å²) in [5, 5.41) is 0. The summed E-state index contributed by atoms with van der Waals surface area (Å²) in [5.74, 6) is -0.797. The highest BCUT2D eigenvalue weighted by atomic mass is 79.9. The van der Waals surface area contributed by atoms with Crippen LogP contribution >= 0.6 is 31.9 Å². The second-order valence-electron chi connectivity index (χ2n) is 4.04. The lowest BCUT2D eigenvalue weighted by atomic mass is 10.3. The Kier molecular flexibility index (Phi) is 7.74. The number of ether oxygens (including phenoxy) is 2. The number of carbonyl (C=O) groups excluding carboxylic acids is 2. The van der Waals surface area contributed by atoms with Crippen molar-refractivity contribution in [1.82, 2.24) is 0 Å². The number of nitrogens with zero attached hydrogens (tertiary/aromatic N) is 1. The van der Waals surface area contributed by atoms with Gasteiger partial charge in [-0.1, -0.05) is 6.07 Å². The van der Waals surface area contributed by atoms with E-state index in [9.17, 15) is 9.59 Å². The van der Waals surface area contributed by atoms with E-state index in [2.05, 4.69) is 31.9 Å². The monoisotopic (exact) mass is 421 g/mol. The summed E-state index contributed by atoms with van der Waals surface area (Å²) in [5.41, 5.74) is 0.707. The van der Waals surface area contributed by atoms with E-state index in [0.29, 0.717) is 18.9 Å². The first kappa shape index (κ1) is 18.0. The fraction of sp³-hybridized carbons (Fsp3) is 0.429. The van der Waals surface area contributed by atoms with E-state index in [1.54, 1.807) is 18.7 Å². The zero-order chi connectivity index (χ0) is 15.8. The summed E-state index contributed by atoms with van der Waals surface area (Å²) in [6.07, 6.45) is 0. The van der Waals surface area contributed by atoms with E-state index < -0.39 is 11.9 Å². The summed E-state index contributed by atoms with van der Waals surface area (Å²) in [6.45, 7) is 4.00. The summed E-state index contributed by atoms with van der Waals surface area (Å²) >= 11 is 6.86. The SMILES string of the molecule is CCOC(=O)CN(CC(=O)OCC)c1c(Br)cccc1Br. The number of hydrogen-bond donors (Lipinski definition) is 0. The highest BCUT2D eigenvalue weighted by Gasteiger charge is 2.20. The van der Waals surface area contributed by atoms with Crippen molar-refractivity contribution in [2.75, 3.05) is 31.2 Å². The van der Waals surface area contributed by atoms with Crippen LogP contribution in [0.5, 0.6) is 0 Å². The van der Waals surface area contributed by atoms with E-state index in [1.165, 1.54) is 0 Å². The van der Waals surface area contributed by atoms with Gasteiger partial charge in [0.2, 0.25) is 0 Å². The lowest BCUT2D eigenvalue weighted by molar-refractivity contribution is -0.142. The maximum atomic E-state index is 11.7. The molecule has 1 rings (SSSR count). The van der Waals surface area contributed by atoms with Crippen molar-refractivity contribution in [3.63, 3.8) is 0 Å². The smallest absolute Gasteiger partial charge is 0.325 e. The van der Waals surface area contributed by atoms with Crippen LogP contribution in [0.3, 0.4) is 0 Å². The molecule has 0 aromatic heterocycles. The third kappa shape index (κ3) is 5.67. The number of anilines is 1. The second-order valence-corrected chi connectivity index (χ2v) is 5.75. The first-order valence-electron chi connectivity index (χ1n) is 6.49. The summed E-state index contributed by atoms with van der Waals surface area (Å²) < 4.78 is 11.4. The van der Waals surface area contributed by atoms with Crippen molar-refractivity contribution in [1.29, 1.82) is 0 Å². The average molecular weight is 423 g/mol. The van der Waals surface area contributed by atoms with E-state index in [0.717, 1.165) is 8.95 Å². The van der Waals surface area contributed by atoms with Crippen molar-refractivity contribution >= 4 is 49.5 Å². The van der Waals surface area contributed by atoms with Crippen LogP contribution in [0.4, 0.5) is 5.69 Å². The van der Waals surface area contributed by atoms with Gasteiger partial charge in [-0.15, -0.1) is 0 Å². The van der Waals surface area contributed by atoms with Crippen LogP contribution in [0.2, 0.25) is 0 Å². The molecule has 0 aliphatic carbocycles. The van der Waals surface area contributed by atoms with E-state index in [-0.39, 0.29) is 13.1 Å². The third-order valence-corrected chi connectivity index (χ3v) is 3.78. The lowest BCUT2D eigenvalue weighted by Gasteiger charge is -2.25. The Morgan fingerprint density at radius 1 is 1.00 bits per heavy atom. The van der Waals surface area contributed by atoms with Crippen molar-refractivity contribution in [2.24, 2.45) is 0 Å². The van der Waals surface area contributed by atoms with Gasteiger partial charge in [-0.3, -0.25) is 9.59 Å². The van der Waals surface area contributed by atoms with Crippen LogP contribution in [-0.2, 0) is 19.1 Å². The van der Waals surface area contributed by atoms with Crippen LogP contribution in [-0.4, -0.2) is 38.2 Å². The molecule has 0 spiro atoms. The number of para-hydroxylation sites is 1. The number of benzene rings is 1. The van der Waals surface area contributed by atoms with Crippen LogP contribution < -0.4 is 4.90 Å². The Hall–Kier alpha value is -1.08. The molecule has 0 heterocycles. The van der Waals surface area contributed by atoms with Crippen LogP contribution in [0.1, 0.15) is 13.8 Å². The molecular weight excluding hydrogens is 406 g/mol. The Bertz CT molecular complexity index is 467. The van der Waals surface area contributed by atoms with E-state index in [1.807, 2.05) is 18.2 Å². The molecule has 0 saturated carbocycles. The van der Waals surface area contributed by atoms with Gasteiger partial charge in [-0.2, -0.15) is 0 Å². The minimum atomic E-state index is -0.399. The number of carbonyl (C=O) groups is 2. The van der Waals surface area contributed by atoms with Crippen LogP contribution in [0.25, 0.3) is 0 Å². The molecule has 1 aromatic rings. The highest BCUT2D eigenvalue weighted by molar-refractivity contribution is 9.11.